The summed E-state index contributed by atoms with van der Waals surface area (Å²) in [6.45, 7) is 0. The van der Waals surface area contributed by atoms with Gasteiger partial charge < -0.3 is 10.2 Å². The third-order valence-electron chi connectivity index (χ3n) is 4.16. The molecule has 1 saturated carbocycles. The first-order valence-electron chi connectivity index (χ1n) is 6.93. The minimum absolute atomic E-state index is 0.0505. The second-order valence-electron chi connectivity index (χ2n) is 5.31. The SMILES string of the molecule is CNC1CCC(N(C)C(=O)c2cccc(Cl)c2Cl)CC1. The molecule has 2 rings (SSSR count). The number of carbonyl (C=O) groups excluding carboxylic acids is 1. The van der Waals surface area contributed by atoms with Crippen LogP contribution in [0, 0.1) is 0 Å². The minimum Gasteiger partial charge on any atom is -0.339 e. The van der Waals surface area contributed by atoms with Crippen molar-refractivity contribution in [3.8, 4) is 0 Å². The van der Waals surface area contributed by atoms with E-state index in [2.05, 4.69) is 5.32 Å². The highest BCUT2D eigenvalue weighted by atomic mass is 35.5. The molecule has 0 radical (unpaired) electrons. The highest BCUT2D eigenvalue weighted by Gasteiger charge is 2.27. The molecule has 20 heavy (non-hydrogen) atoms. The molecule has 0 bridgehead atoms. The van der Waals surface area contributed by atoms with E-state index in [9.17, 15) is 4.79 Å². The monoisotopic (exact) mass is 314 g/mol. The Balaban J connectivity index is 2.07. The third-order valence-corrected chi connectivity index (χ3v) is 4.97. The van der Waals surface area contributed by atoms with Crippen LogP contribution < -0.4 is 5.32 Å². The molecule has 0 saturated heterocycles. The van der Waals surface area contributed by atoms with Crippen molar-refractivity contribution in [2.75, 3.05) is 14.1 Å². The fourth-order valence-corrected chi connectivity index (χ4v) is 3.16. The Morgan fingerprint density at radius 3 is 2.50 bits per heavy atom. The lowest BCUT2D eigenvalue weighted by molar-refractivity contribution is 0.0686. The molecule has 0 heterocycles. The first kappa shape index (κ1) is 15.6. The maximum absolute atomic E-state index is 12.5. The van der Waals surface area contributed by atoms with Crippen LogP contribution in [0.1, 0.15) is 36.0 Å². The largest absolute Gasteiger partial charge is 0.339 e. The number of rotatable bonds is 3. The molecule has 0 aliphatic heterocycles. The standard InChI is InChI=1S/C15H20Cl2N2O/c1-18-10-6-8-11(9-7-10)19(2)15(20)12-4-3-5-13(16)14(12)17/h3-5,10-11,18H,6-9H2,1-2H3. The summed E-state index contributed by atoms with van der Waals surface area (Å²) in [6, 6.07) is 6.03. The third kappa shape index (κ3) is 3.27. The lowest BCUT2D eigenvalue weighted by atomic mass is 9.90. The van der Waals surface area contributed by atoms with Gasteiger partial charge in [-0.1, -0.05) is 29.3 Å². The first-order chi connectivity index (χ1) is 9.54. The summed E-state index contributed by atoms with van der Waals surface area (Å²) >= 11 is 12.1. The molecule has 110 valence electrons. The summed E-state index contributed by atoms with van der Waals surface area (Å²) in [7, 11) is 3.84. The van der Waals surface area contributed by atoms with Crippen LogP contribution in [0.5, 0.6) is 0 Å². The average molecular weight is 315 g/mol. The minimum atomic E-state index is -0.0505. The molecule has 3 nitrogen and oxygen atoms in total. The van der Waals surface area contributed by atoms with Crippen LogP contribution in [-0.2, 0) is 0 Å². The van der Waals surface area contributed by atoms with E-state index in [4.69, 9.17) is 23.2 Å². The Morgan fingerprint density at radius 1 is 1.25 bits per heavy atom. The molecule has 1 aromatic rings. The Labute approximate surface area is 130 Å². The van der Waals surface area contributed by atoms with Gasteiger partial charge in [-0.25, -0.2) is 0 Å². The van der Waals surface area contributed by atoms with Crippen molar-refractivity contribution in [1.82, 2.24) is 10.2 Å². The van der Waals surface area contributed by atoms with Crippen LogP contribution >= 0.6 is 23.2 Å². The number of halogens is 2. The van der Waals surface area contributed by atoms with Gasteiger partial charge in [0.2, 0.25) is 0 Å². The van der Waals surface area contributed by atoms with E-state index in [0.29, 0.717) is 21.7 Å². The zero-order valence-electron chi connectivity index (χ0n) is 11.8. The number of carbonyl (C=O) groups is 1. The van der Waals surface area contributed by atoms with Gasteiger partial charge in [-0.3, -0.25) is 4.79 Å². The van der Waals surface area contributed by atoms with Crippen molar-refractivity contribution < 1.29 is 4.79 Å². The van der Waals surface area contributed by atoms with E-state index in [0.717, 1.165) is 25.7 Å². The zero-order valence-corrected chi connectivity index (χ0v) is 13.3. The Hall–Kier alpha value is -0.770. The maximum atomic E-state index is 12.5. The van der Waals surface area contributed by atoms with E-state index in [1.54, 1.807) is 18.2 Å². The lowest BCUT2D eigenvalue weighted by Gasteiger charge is -2.34. The number of benzene rings is 1. The second-order valence-corrected chi connectivity index (χ2v) is 6.10. The second kappa shape index (κ2) is 6.79. The van der Waals surface area contributed by atoms with Crippen molar-refractivity contribution in [2.45, 2.75) is 37.8 Å². The summed E-state index contributed by atoms with van der Waals surface area (Å²) in [5, 5.41) is 4.06. The molecule has 1 aliphatic carbocycles. The molecule has 0 atom stereocenters. The van der Waals surface area contributed by atoms with Gasteiger partial charge in [0, 0.05) is 19.1 Å². The predicted octanol–water partition coefficient (Wildman–Crippen LogP) is 3.60. The lowest BCUT2D eigenvalue weighted by Crippen LogP contribution is -2.42. The summed E-state index contributed by atoms with van der Waals surface area (Å²) in [5.41, 5.74) is 0.484. The fourth-order valence-electron chi connectivity index (χ4n) is 2.78. The number of hydrogen-bond donors (Lipinski definition) is 1. The normalized spacial score (nSPS) is 22.6. The highest BCUT2D eigenvalue weighted by molar-refractivity contribution is 6.43. The number of amides is 1. The van der Waals surface area contributed by atoms with Gasteiger partial charge in [-0.15, -0.1) is 0 Å². The van der Waals surface area contributed by atoms with Crippen molar-refractivity contribution >= 4 is 29.1 Å². The van der Waals surface area contributed by atoms with Gasteiger partial charge in [-0.05, 0) is 44.9 Å². The van der Waals surface area contributed by atoms with E-state index >= 15 is 0 Å². The van der Waals surface area contributed by atoms with E-state index in [1.807, 2.05) is 19.0 Å². The van der Waals surface area contributed by atoms with E-state index in [1.165, 1.54) is 0 Å². The first-order valence-corrected chi connectivity index (χ1v) is 7.68. The van der Waals surface area contributed by atoms with Gasteiger partial charge in [0.25, 0.3) is 5.91 Å². The summed E-state index contributed by atoms with van der Waals surface area (Å²) < 4.78 is 0. The van der Waals surface area contributed by atoms with Gasteiger partial charge in [0.05, 0.1) is 15.6 Å². The van der Waals surface area contributed by atoms with Crippen molar-refractivity contribution in [3.63, 3.8) is 0 Å². The van der Waals surface area contributed by atoms with Crippen LogP contribution in [0.25, 0.3) is 0 Å². The molecule has 1 aliphatic rings. The molecule has 1 fully saturated rings. The van der Waals surface area contributed by atoms with Crippen LogP contribution in [0.2, 0.25) is 10.0 Å². The zero-order chi connectivity index (χ0) is 14.7. The van der Waals surface area contributed by atoms with Crippen molar-refractivity contribution in [1.29, 1.82) is 0 Å². The van der Waals surface area contributed by atoms with Crippen molar-refractivity contribution in [2.24, 2.45) is 0 Å². The molecule has 5 heteroatoms. The number of hydrogen-bond acceptors (Lipinski definition) is 2. The topological polar surface area (TPSA) is 32.3 Å². The maximum Gasteiger partial charge on any atom is 0.255 e. The predicted molar refractivity (Wildman–Crippen MR) is 83.7 cm³/mol. The quantitative estimate of drug-likeness (QED) is 0.924. The van der Waals surface area contributed by atoms with E-state index in [-0.39, 0.29) is 11.9 Å². The summed E-state index contributed by atoms with van der Waals surface area (Å²) in [6.07, 6.45) is 4.24. The van der Waals surface area contributed by atoms with E-state index < -0.39 is 0 Å². The van der Waals surface area contributed by atoms with Gasteiger partial charge in [0.15, 0.2) is 0 Å². The molecule has 0 aromatic heterocycles. The molecule has 0 spiro atoms. The van der Waals surface area contributed by atoms with Gasteiger partial charge in [0.1, 0.15) is 0 Å². The molecular weight excluding hydrogens is 295 g/mol. The Bertz CT molecular complexity index is 485. The Morgan fingerprint density at radius 2 is 1.90 bits per heavy atom. The molecule has 1 amide bonds. The van der Waals surface area contributed by atoms with Crippen LogP contribution in [-0.4, -0.2) is 37.0 Å². The molecule has 1 aromatic carbocycles. The van der Waals surface area contributed by atoms with Crippen molar-refractivity contribution in [3.05, 3.63) is 33.8 Å². The molecular formula is C15H20Cl2N2O. The summed E-state index contributed by atoms with van der Waals surface area (Å²) in [5.74, 6) is -0.0505. The van der Waals surface area contributed by atoms with Gasteiger partial charge >= 0.3 is 0 Å². The average Bonchev–Trinajstić information content (AvgIpc) is 2.48. The fraction of sp³-hybridized carbons (Fsp3) is 0.533. The van der Waals surface area contributed by atoms with Crippen LogP contribution in [0.4, 0.5) is 0 Å². The van der Waals surface area contributed by atoms with Crippen LogP contribution in [0.3, 0.4) is 0 Å². The van der Waals surface area contributed by atoms with Crippen LogP contribution in [0.15, 0.2) is 18.2 Å². The smallest absolute Gasteiger partial charge is 0.255 e. The summed E-state index contributed by atoms with van der Waals surface area (Å²) in [4.78, 5) is 14.3. The molecule has 1 N–H and O–H groups in total. The number of nitrogens with one attached hydrogen (secondary N) is 1. The Kier molecular flexibility index (Phi) is 5.30. The number of nitrogens with zero attached hydrogens (tertiary/aromatic N) is 1. The van der Waals surface area contributed by atoms with Gasteiger partial charge in [-0.2, -0.15) is 0 Å². The highest BCUT2D eigenvalue weighted by Crippen LogP contribution is 2.28. The molecule has 0 unspecified atom stereocenters.